The van der Waals surface area contributed by atoms with Crippen LogP contribution in [-0.2, 0) is 0 Å². The molecule has 1 aromatic carbocycles. The SMILES string of the molecule is CCNc1ccc(Cl)cc1C(=O)NC(C)c1ccsc1. The summed E-state index contributed by atoms with van der Waals surface area (Å²) >= 11 is 7.61. The maximum Gasteiger partial charge on any atom is 0.253 e. The molecule has 20 heavy (non-hydrogen) atoms. The second-order valence-corrected chi connectivity index (χ2v) is 5.69. The normalized spacial score (nSPS) is 11.9. The molecule has 0 aliphatic rings. The second-order valence-electron chi connectivity index (χ2n) is 4.47. The van der Waals surface area contributed by atoms with Crippen LogP contribution in [0.4, 0.5) is 5.69 Å². The van der Waals surface area contributed by atoms with Gasteiger partial charge in [0.1, 0.15) is 0 Å². The molecule has 2 N–H and O–H groups in total. The first-order chi connectivity index (χ1) is 9.61. The number of rotatable bonds is 5. The Morgan fingerprint density at radius 1 is 1.40 bits per heavy atom. The van der Waals surface area contributed by atoms with Crippen molar-refractivity contribution in [3.8, 4) is 0 Å². The van der Waals surface area contributed by atoms with Crippen LogP contribution >= 0.6 is 22.9 Å². The predicted molar refractivity (Wildman–Crippen MR) is 85.8 cm³/mol. The fraction of sp³-hybridized carbons (Fsp3) is 0.267. The minimum atomic E-state index is -0.123. The van der Waals surface area contributed by atoms with Crippen molar-refractivity contribution in [3.63, 3.8) is 0 Å². The third-order valence-electron chi connectivity index (χ3n) is 2.98. The van der Waals surface area contributed by atoms with E-state index in [1.54, 1.807) is 23.5 Å². The average Bonchev–Trinajstić information content (AvgIpc) is 2.95. The van der Waals surface area contributed by atoms with E-state index in [-0.39, 0.29) is 11.9 Å². The lowest BCUT2D eigenvalue weighted by Crippen LogP contribution is -2.27. The van der Waals surface area contributed by atoms with E-state index in [4.69, 9.17) is 11.6 Å². The van der Waals surface area contributed by atoms with Gasteiger partial charge in [0, 0.05) is 17.3 Å². The Labute approximate surface area is 128 Å². The zero-order valence-corrected chi connectivity index (χ0v) is 13.0. The molecule has 106 valence electrons. The molecule has 1 amide bonds. The van der Waals surface area contributed by atoms with E-state index in [2.05, 4.69) is 10.6 Å². The number of carbonyl (C=O) groups excluding carboxylic acids is 1. The monoisotopic (exact) mass is 308 g/mol. The average molecular weight is 309 g/mol. The van der Waals surface area contributed by atoms with Gasteiger partial charge in [-0.15, -0.1) is 0 Å². The van der Waals surface area contributed by atoms with E-state index in [0.717, 1.165) is 17.8 Å². The first kappa shape index (κ1) is 14.9. The highest BCUT2D eigenvalue weighted by molar-refractivity contribution is 7.07. The van der Waals surface area contributed by atoms with Crippen molar-refractivity contribution in [3.05, 3.63) is 51.2 Å². The standard InChI is InChI=1S/C15H17ClN2OS/c1-3-17-14-5-4-12(16)8-13(14)15(19)18-10(2)11-6-7-20-9-11/h4-10,17H,3H2,1-2H3,(H,18,19). The molecular weight excluding hydrogens is 292 g/mol. The minimum Gasteiger partial charge on any atom is -0.385 e. The van der Waals surface area contributed by atoms with Gasteiger partial charge in [-0.3, -0.25) is 4.79 Å². The maximum atomic E-state index is 12.4. The molecule has 0 saturated carbocycles. The van der Waals surface area contributed by atoms with Crippen molar-refractivity contribution in [2.75, 3.05) is 11.9 Å². The third kappa shape index (κ3) is 3.52. The van der Waals surface area contributed by atoms with Crippen LogP contribution in [0.3, 0.4) is 0 Å². The summed E-state index contributed by atoms with van der Waals surface area (Å²) in [6.07, 6.45) is 0. The van der Waals surface area contributed by atoms with E-state index in [0.29, 0.717) is 10.6 Å². The Hall–Kier alpha value is -1.52. The molecule has 1 atom stereocenters. The summed E-state index contributed by atoms with van der Waals surface area (Å²) in [4.78, 5) is 12.4. The topological polar surface area (TPSA) is 41.1 Å². The van der Waals surface area contributed by atoms with Crippen molar-refractivity contribution in [2.45, 2.75) is 19.9 Å². The second kappa shape index (κ2) is 6.77. The van der Waals surface area contributed by atoms with Crippen LogP contribution in [0.15, 0.2) is 35.0 Å². The smallest absolute Gasteiger partial charge is 0.253 e. The van der Waals surface area contributed by atoms with Crippen molar-refractivity contribution in [1.82, 2.24) is 5.32 Å². The Bertz CT molecular complexity index is 584. The summed E-state index contributed by atoms with van der Waals surface area (Å²) in [5, 5.41) is 10.8. The summed E-state index contributed by atoms with van der Waals surface area (Å²) in [7, 11) is 0. The molecule has 0 radical (unpaired) electrons. The lowest BCUT2D eigenvalue weighted by Gasteiger charge is -2.15. The van der Waals surface area contributed by atoms with E-state index < -0.39 is 0 Å². The zero-order chi connectivity index (χ0) is 14.5. The number of hydrogen-bond donors (Lipinski definition) is 2. The molecule has 0 fully saturated rings. The van der Waals surface area contributed by atoms with Crippen LogP contribution in [-0.4, -0.2) is 12.5 Å². The van der Waals surface area contributed by atoms with Gasteiger partial charge < -0.3 is 10.6 Å². The molecule has 0 saturated heterocycles. The van der Waals surface area contributed by atoms with Crippen LogP contribution in [0, 0.1) is 0 Å². The fourth-order valence-electron chi connectivity index (χ4n) is 1.93. The molecule has 3 nitrogen and oxygen atoms in total. The van der Waals surface area contributed by atoms with Crippen LogP contribution < -0.4 is 10.6 Å². The number of thiophene rings is 1. The number of benzene rings is 1. The molecule has 1 heterocycles. The lowest BCUT2D eigenvalue weighted by atomic mass is 10.1. The highest BCUT2D eigenvalue weighted by atomic mass is 35.5. The van der Waals surface area contributed by atoms with E-state index >= 15 is 0 Å². The van der Waals surface area contributed by atoms with Crippen LogP contribution in [0.25, 0.3) is 0 Å². The number of amides is 1. The fourth-order valence-corrected chi connectivity index (χ4v) is 2.85. The molecule has 1 unspecified atom stereocenters. The van der Waals surface area contributed by atoms with Crippen molar-refractivity contribution < 1.29 is 4.79 Å². The molecule has 0 spiro atoms. The van der Waals surface area contributed by atoms with Gasteiger partial charge in [0.05, 0.1) is 11.6 Å². The highest BCUT2D eigenvalue weighted by Gasteiger charge is 2.15. The predicted octanol–water partition coefficient (Wildman–Crippen LogP) is 4.32. The summed E-state index contributed by atoms with van der Waals surface area (Å²) in [6.45, 7) is 4.71. The van der Waals surface area contributed by atoms with Gasteiger partial charge in [-0.25, -0.2) is 0 Å². The molecule has 0 aliphatic heterocycles. The molecule has 0 bridgehead atoms. The molecule has 2 rings (SSSR count). The minimum absolute atomic E-state index is 0.0257. The van der Waals surface area contributed by atoms with Crippen molar-refractivity contribution in [2.24, 2.45) is 0 Å². The van der Waals surface area contributed by atoms with Gasteiger partial charge >= 0.3 is 0 Å². The number of halogens is 1. The first-order valence-corrected chi connectivity index (χ1v) is 7.80. The van der Waals surface area contributed by atoms with Gasteiger partial charge in [-0.05, 0) is 54.4 Å². The number of anilines is 1. The largest absolute Gasteiger partial charge is 0.385 e. The molecular formula is C15H17ClN2OS. The molecule has 5 heteroatoms. The van der Waals surface area contributed by atoms with Gasteiger partial charge in [-0.1, -0.05) is 11.6 Å². The lowest BCUT2D eigenvalue weighted by molar-refractivity contribution is 0.0941. The quantitative estimate of drug-likeness (QED) is 0.863. The Morgan fingerprint density at radius 3 is 2.85 bits per heavy atom. The maximum absolute atomic E-state index is 12.4. The van der Waals surface area contributed by atoms with E-state index in [9.17, 15) is 4.79 Å². The molecule has 2 aromatic rings. The van der Waals surface area contributed by atoms with Crippen LogP contribution in [0.2, 0.25) is 5.02 Å². The molecule has 1 aromatic heterocycles. The third-order valence-corrected chi connectivity index (χ3v) is 3.92. The van der Waals surface area contributed by atoms with E-state index in [1.165, 1.54) is 0 Å². The van der Waals surface area contributed by atoms with Gasteiger partial charge in [0.2, 0.25) is 0 Å². The van der Waals surface area contributed by atoms with Gasteiger partial charge in [0.15, 0.2) is 0 Å². The zero-order valence-electron chi connectivity index (χ0n) is 11.4. The van der Waals surface area contributed by atoms with Crippen LogP contribution in [0.5, 0.6) is 0 Å². The van der Waals surface area contributed by atoms with Gasteiger partial charge in [-0.2, -0.15) is 11.3 Å². The number of carbonyl (C=O) groups is 1. The Balaban J connectivity index is 2.18. The number of hydrogen-bond acceptors (Lipinski definition) is 3. The van der Waals surface area contributed by atoms with Crippen LogP contribution in [0.1, 0.15) is 35.8 Å². The van der Waals surface area contributed by atoms with Gasteiger partial charge in [0.25, 0.3) is 5.91 Å². The summed E-state index contributed by atoms with van der Waals surface area (Å²) in [5.74, 6) is -0.123. The summed E-state index contributed by atoms with van der Waals surface area (Å²) in [5.41, 5.74) is 2.48. The first-order valence-electron chi connectivity index (χ1n) is 6.48. The highest BCUT2D eigenvalue weighted by Crippen LogP contribution is 2.22. The molecule has 0 aliphatic carbocycles. The van der Waals surface area contributed by atoms with Crippen molar-refractivity contribution >= 4 is 34.5 Å². The Morgan fingerprint density at radius 2 is 2.20 bits per heavy atom. The number of nitrogens with one attached hydrogen (secondary N) is 2. The van der Waals surface area contributed by atoms with Crippen molar-refractivity contribution in [1.29, 1.82) is 0 Å². The summed E-state index contributed by atoms with van der Waals surface area (Å²) < 4.78 is 0. The summed E-state index contributed by atoms with van der Waals surface area (Å²) in [6, 6.07) is 7.28. The van der Waals surface area contributed by atoms with E-state index in [1.807, 2.05) is 36.7 Å². The Kier molecular flexibility index (Phi) is 5.04.